The third-order valence-corrected chi connectivity index (χ3v) is 3.74. The molecular formula is C13H18BrN5O. The Labute approximate surface area is 125 Å². The molecule has 20 heavy (non-hydrogen) atoms. The first-order valence-electron chi connectivity index (χ1n) is 6.69. The number of rotatable bonds is 7. The molecule has 6 nitrogen and oxygen atoms in total. The summed E-state index contributed by atoms with van der Waals surface area (Å²) in [6.45, 7) is 3.45. The van der Waals surface area contributed by atoms with Crippen LogP contribution in [0.3, 0.4) is 0 Å². The van der Waals surface area contributed by atoms with Crippen LogP contribution in [0.4, 0.5) is 5.69 Å². The van der Waals surface area contributed by atoms with E-state index in [2.05, 4.69) is 43.2 Å². The van der Waals surface area contributed by atoms with Crippen LogP contribution in [0.1, 0.15) is 25.5 Å². The molecule has 0 atom stereocenters. The number of imidazole rings is 1. The Morgan fingerprint density at radius 3 is 3.00 bits per heavy atom. The lowest BCUT2D eigenvalue weighted by atomic mass is 10.3. The number of aryl methyl sites for hydroxylation is 1. The molecule has 0 unspecified atom stereocenters. The normalized spacial score (nSPS) is 10.7. The quantitative estimate of drug-likeness (QED) is 0.810. The van der Waals surface area contributed by atoms with Crippen molar-refractivity contribution in [2.24, 2.45) is 0 Å². The van der Waals surface area contributed by atoms with E-state index in [1.165, 1.54) is 4.68 Å². The average molecular weight is 340 g/mol. The first-order valence-corrected chi connectivity index (χ1v) is 7.48. The number of nitrogens with one attached hydrogen (secondary N) is 2. The molecule has 0 amide bonds. The van der Waals surface area contributed by atoms with E-state index in [-0.39, 0.29) is 5.56 Å². The van der Waals surface area contributed by atoms with Gasteiger partial charge in [0.05, 0.1) is 18.2 Å². The van der Waals surface area contributed by atoms with Crippen LogP contribution < -0.4 is 10.9 Å². The van der Waals surface area contributed by atoms with Gasteiger partial charge in [-0.1, -0.05) is 13.3 Å². The maximum atomic E-state index is 12.1. The molecule has 2 rings (SSSR count). The smallest absolute Gasteiger partial charge is 0.283 e. The summed E-state index contributed by atoms with van der Waals surface area (Å²) >= 11 is 3.35. The van der Waals surface area contributed by atoms with Gasteiger partial charge in [0.1, 0.15) is 4.47 Å². The van der Waals surface area contributed by atoms with Crippen LogP contribution in [-0.4, -0.2) is 26.3 Å². The topological polar surface area (TPSA) is 75.6 Å². The number of H-pyrrole nitrogens is 1. The molecule has 0 spiro atoms. The molecule has 0 aliphatic carbocycles. The Morgan fingerprint density at radius 1 is 1.45 bits per heavy atom. The highest BCUT2D eigenvalue weighted by Gasteiger charge is 2.08. The number of halogens is 1. The van der Waals surface area contributed by atoms with Crippen molar-refractivity contribution in [3.05, 3.63) is 39.2 Å². The Balaban J connectivity index is 1.98. The van der Waals surface area contributed by atoms with Crippen molar-refractivity contribution in [1.82, 2.24) is 19.7 Å². The highest BCUT2D eigenvalue weighted by Crippen LogP contribution is 2.16. The van der Waals surface area contributed by atoms with Crippen LogP contribution in [0, 0.1) is 0 Å². The third kappa shape index (κ3) is 3.69. The van der Waals surface area contributed by atoms with Crippen LogP contribution >= 0.6 is 15.9 Å². The highest BCUT2D eigenvalue weighted by atomic mass is 79.9. The van der Waals surface area contributed by atoms with E-state index >= 15 is 0 Å². The van der Waals surface area contributed by atoms with E-state index in [9.17, 15) is 4.79 Å². The predicted molar refractivity (Wildman–Crippen MR) is 81.9 cm³/mol. The summed E-state index contributed by atoms with van der Waals surface area (Å²) in [5, 5.41) is 7.39. The van der Waals surface area contributed by atoms with Crippen LogP contribution in [0.25, 0.3) is 0 Å². The summed E-state index contributed by atoms with van der Waals surface area (Å²) in [4.78, 5) is 19.1. The molecule has 2 heterocycles. The monoisotopic (exact) mass is 339 g/mol. The van der Waals surface area contributed by atoms with Gasteiger partial charge in [-0.15, -0.1) is 0 Å². The van der Waals surface area contributed by atoms with E-state index in [1.54, 1.807) is 18.7 Å². The molecule has 0 aromatic carbocycles. The van der Waals surface area contributed by atoms with Crippen molar-refractivity contribution in [2.75, 3.05) is 11.9 Å². The Hall–Kier alpha value is -1.63. The predicted octanol–water partition coefficient (Wildman–Crippen LogP) is 2.18. The van der Waals surface area contributed by atoms with Crippen molar-refractivity contribution in [2.45, 2.75) is 32.7 Å². The number of hydrogen-bond donors (Lipinski definition) is 2. The molecule has 0 saturated heterocycles. The van der Waals surface area contributed by atoms with Gasteiger partial charge >= 0.3 is 0 Å². The zero-order valence-electron chi connectivity index (χ0n) is 11.4. The molecule has 2 N–H and O–H groups in total. The number of hydrogen-bond acceptors (Lipinski definition) is 4. The molecule has 2 aromatic rings. The summed E-state index contributed by atoms with van der Waals surface area (Å²) < 4.78 is 2.03. The van der Waals surface area contributed by atoms with Crippen molar-refractivity contribution < 1.29 is 0 Å². The maximum absolute atomic E-state index is 12.1. The molecule has 0 aliphatic rings. The fourth-order valence-corrected chi connectivity index (χ4v) is 2.26. The lowest BCUT2D eigenvalue weighted by molar-refractivity contribution is 0.541. The van der Waals surface area contributed by atoms with Crippen molar-refractivity contribution in [3.8, 4) is 0 Å². The lowest BCUT2D eigenvalue weighted by Gasteiger charge is -2.09. The van der Waals surface area contributed by atoms with E-state index in [0.29, 0.717) is 17.6 Å². The minimum atomic E-state index is -0.0926. The second kappa shape index (κ2) is 7.23. The highest BCUT2D eigenvalue weighted by molar-refractivity contribution is 9.10. The van der Waals surface area contributed by atoms with Gasteiger partial charge in [0.2, 0.25) is 0 Å². The number of aromatic nitrogens is 4. The van der Waals surface area contributed by atoms with Crippen LogP contribution in [0.2, 0.25) is 0 Å². The molecule has 0 bridgehead atoms. The standard InChI is InChI=1S/C13H18BrN5O/c1-2-3-6-19-13(20)12(14)11(8-18-19)16-5-4-10-7-15-9-17-10/h7-9,16H,2-6H2,1H3,(H,15,17). The van der Waals surface area contributed by atoms with Gasteiger partial charge in [-0.2, -0.15) is 5.10 Å². The first-order chi connectivity index (χ1) is 9.72. The van der Waals surface area contributed by atoms with E-state index < -0.39 is 0 Å². The minimum absolute atomic E-state index is 0.0926. The lowest BCUT2D eigenvalue weighted by Crippen LogP contribution is -2.24. The fourth-order valence-electron chi connectivity index (χ4n) is 1.81. The number of anilines is 1. The number of nitrogens with zero attached hydrogens (tertiary/aromatic N) is 3. The van der Waals surface area contributed by atoms with E-state index in [4.69, 9.17) is 0 Å². The van der Waals surface area contributed by atoms with Gasteiger partial charge in [0.25, 0.3) is 5.56 Å². The van der Waals surface area contributed by atoms with Gasteiger partial charge in [-0.25, -0.2) is 9.67 Å². The molecule has 0 radical (unpaired) electrons. The largest absolute Gasteiger partial charge is 0.382 e. The van der Waals surface area contributed by atoms with Crippen LogP contribution in [0.15, 0.2) is 28.0 Å². The molecule has 0 aliphatic heterocycles. The van der Waals surface area contributed by atoms with Crippen molar-refractivity contribution in [1.29, 1.82) is 0 Å². The Bertz CT molecular complexity index is 593. The van der Waals surface area contributed by atoms with Gasteiger partial charge in [-0.05, 0) is 22.4 Å². The Kier molecular flexibility index (Phi) is 5.34. The molecule has 0 saturated carbocycles. The SMILES string of the molecule is CCCCn1ncc(NCCc2cnc[nH]2)c(Br)c1=O. The second-order valence-electron chi connectivity index (χ2n) is 4.51. The molecular weight excluding hydrogens is 322 g/mol. The summed E-state index contributed by atoms with van der Waals surface area (Å²) in [7, 11) is 0. The second-order valence-corrected chi connectivity index (χ2v) is 5.30. The van der Waals surface area contributed by atoms with Gasteiger partial charge in [0, 0.05) is 31.4 Å². The molecule has 2 aromatic heterocycles. The minimum Gasteiger partial charge on any atom is -0.382 e. The summed E-state index contributed by atoms with van der Waals surface area (Å²) in [6, 6.07) is 0. The average Bonchev–Trinajstić information content (AvgIpc) is 2.96. The van der Waals surface area contributed by atoms with Gasteiger partial charge < -0.3 is 10.3 Å². The molecule has 108 valence electrons. The third-order valence-electron chi connectivity index (χ3n) is 2.97. The van der Waals surface area contributed by atoms with Gasteiger partial charge in [-0.3, -0.25) is 4.79 Å². The number of unbranched alkanes of at least 4 members (excludes halogenated alkanes) is 1. The summed E-state index contributed by atoms with van der Waals surface area (Å²) in [5.41, 5.74) is 1.69. The van der Waals surface area contributed by atoms with Crippen molar-refractivity contribution >= 4 is 21.6 Å². The van der Waals surface area contributed by atoms with E-state index in [1.807, 2.05) is 0 Å². The summed E-state index contributed by atoms with van der Waals surface area (Å²) in [5.74, 6) is 0. The number of aromatic amines is 1. The molecule has 7 heteroatoms. The van der Waals surface area contributed by atoms with Crippen LogP contribution in [0.5, 0.6) is 0 Å². The first kappa shape index (κ1) is 14.8. The van der Waals surface area contributed by atoms with E-state index in [0.717, 1.165) is 30.6 Å². The van der Waals surface area contributed by atoms with Crippen LogP contribution in [-0.2, 0) is 13.0 Å². The zero-order valence-corrected chi connectivity index (χ0v) is 13.0. The molecule has 0 fully saturated rings. The van der Waals surface area contributed by atoms with Gasteiger partial charge in [0.15, 0.2) is 0 Å². The fraction of sp³-hybridized carbons (Fsp3) is 0.462. The summed E-state index contributed by atoms with van der Waals surface area (Å²) in [6.07, 6.45) is 7.93. The van der Waals surface area contributed by atoms with Crippen molar-refractivity contribution in [3.63, 3.8) is 0 Å². The Morgan fingerprint density at radius 2 is 2.30 bits per heavy atom. The zero-order chi connectivity index (χ0) is 14.4. The maximum Gasteiger partial charge on any atom is 0.283 e.